The first-order chi connectivity index (χ1) is 11.7. The third-order valence-electron chi connectivity index (χ3n) is 4.47. The Hall–Kier alpha value is -2.09. The van der Waals surface area contributed by atoms with E-state index < -0.39 is 35.5 Å². The van der Waals surface area contributed by atoms with Crippen LogP contribution in [0.4, 0.5) is 13.2 Å². The van der Waals surface area contributed by atoms with Gasteiger partial charge in [-0.3, -0.25) is 9.59 Å². The molecule has 1 atom stereocenters. The fourth-order valence-electron chi connectivity index (χ4n) is 3.20. The molecule has 0 saturated carbocycles. The molecule has 1 aromatic carbocycles. The van der Waals surface area contributed by atoms with E-state index in [2.05, 4.69) is 0 Å². The summed E-state index contributed by atoms with van der Waals surface area (Å²) < 4.78 is 44.1. The highest BCUT2D eigenvalue weighted by molar-refractivity contribution is 5.81. The number of carboxylic acid groups (broad SMARTS) is 1. The standard InChI is InChI=1S/C17H20F3NO4/c1-25-11-16(15(23)24)7-4-8-21(10-16)14(22)9-12-5-2-3-6-13(12)17(18,19)20/h2-3,5-6H,4,7-11H2,1H3,(H,23,24). The minimum absolute atomic E-state index is 0.0503. The molecule has 0 aliphatic carbocycles. The molecule has 5 nitrogen and oxygen atoms in total. The summed E-state index contributed by atoms with van der Waals surface area (Å²) in [7, 11) is 1.38. The molecule has 1 aliphatic rings. The summed E-state index contributed by atoms with van der Waals surface area (Å²) in [4.78, 5) is 25.4. The monoisotopic (exact) mass is 359 g/mol. The van der Waals surface area contributed by atoms with Crippen LogP contribution < -0.4 is 0 Å². The van der Waals surface area contributed by atoms with E-state index in [1.807, 2.05) is 0 Å². The van der Waals surface area contributed by atoms with E-state index in [4.69, 9.17) is 4.74 Å². The fourth-order valence-corrected chi connectivity index (χ4v) is 3.20. The van der Waals surface area contributed by atoms with Crippen molar-refractivity contribution >= 4 is 11.9 Å². The topological polar surface area (TPSA) is 66.8 Å². The molecule has 1 fully saturated rings. The summed E-state index contributed by atoms with van der Waals surface area (Å²) >= 11 is 0. The largest absolute Gasteiger partial charge is 0.481 e. The van der Waals surface area contributed by atoms with Gasteiger partial charge in [0.25, 0.3) is 0 Å². The maximum Gasteiger partial charge on any atom is 0.416 e. The van der Waals surface area contributed by atoms with Crippen molar-refractivity contribution in [3.63, 3.8) is 0 Å². The number of carbonyl (C=O) groups excluding carboxylic acids is 1. The molecular weight excluding hydrogens is 339 g/mol. The number of methoxy groups -OCH3 is 1. The first kappa shape index (κ1) is 19.2. The number of carbonyl (C=O) groups is 2. The van der Waals surface area contributed by atoms with Gasteiger partial charge in [0.15, 0.2) is 0 Å². The Morgan fingerprint density at radius 1 is 1.32 bits per heavy atom. The third kappa shape index (κ3) is 4.31. The van der Waals surface area contributed by atoms with E-state index in [0.29, 0.717) is 19.4 Å². The second kappa shape index (κ2) is 7.43. The van der Waals surface area contributed by atoms with Crippen molar-refractivity contribution in [2.45, 2.75) is 25.4 Å². The van der Waals surface area contributed by atoms with Crippen LogP contribution in [0.15, 0.2) is 24.3 Å². The third-order valence-corrected chi connectivity index (χ3v) is 4.47. The van der Waals surface area contributed by atoms with E-state index in [0.717, 1.165) is 6.07 Å². The molecule has 1 unspecified atom stereocenters. The van der Waals surface area contributed by atoms with Crippen LogP contribution >= 0.6 is 0 Å². The number of hydrogen-bond donors (Lipinski definition) is 1. The Balaban J connectivity index is 2.18. The van der Waals surface area contributed by atoms with Crippen molar-refractivity contribution in [1.82, 2.24) is 4.90 Å². The molecule has 1 aromatic rings. The molecule has 1 amide bonds. The van der Waals surface area contributed by atoms with Crippen LogP contribution in [-0.2, 0) is 26.9 Å². The lowest BCUT2D eigenvalue weighted by atomic mass is 9.80. The van der Waals surface area contributed by atoms with Gasteiger partial charge in [-0.1, -0.05) is 18.2 Å². The number of nitrogens with zero attached hydrogens (tertiary/aromatic N) is 1. The Kier molecular flexibility index (Phi) is 5.72. The molecule has 0 spiro atoms. The Morgan fingerprint density at radius 3 is 2.60 bits per heavy atom. The number of likely N-dealkylation sites (tertiary alicyclic amines) is 1. The Labute approximate surface area is 143 Å². The summed E-state index contributed by atoms with van der Waals surface area (Å²) in [6.07, 6.45) is -4.14. The van der Waals surface area contributed by atoms with Crippen LogP contribution in [0.5, 0.6) is 0 Å². The molecule has 2 rings (SSSR count). The number of piperidine rings is 1. The molecule has 138 valence electrons. The zero-order valence-corrected chi connectivity index (χ0v) is 13.8. The summed E-state index contributed by atoms with van der Waals surface area (Å²) in [5.41, 5.74) is -2.17. The van der Waals surface area contributed by atoms with Crippen molar-refractivity contribution in [3.05, 3.63) is 35.4 Å². The quantitative estimate of drug-likeness (QED) is 0.878. The summed E-state index contributed by atoms with van der Waals surface area (Å²) in [5, 5.41) is 9.49. The summed E-state index contributed by atoms with van der Waals surface area (Å²) in [6, 6.07) is 4.92. The van der Waals surface area contributed by atoms with Gasteiger partial charge in [-0.15, -0.1) is 0 Å². The van der Waals surface area contributed by atoms with Crippen LogP contribution in [0, 0.1) is 5.41 Å². The van der Waals surface area contributed by atoms with Gasteiger partial charge in [0.2, 0.25) is 5.91 Å². The van der Waals surface area contributed by atoms with E-state index >= 15 is 0 Å². The smallest absolute Gasteiger partial charge is 0.416 e. The number of benzene rings is 1. The van der Waals surface area contributed by atoms with Crippen LogP contribution in [0.2, 0.25) is 0 Å². The molecule has 0 aromatic heterocycles. The highest BCUT2D eigenvalue weighted by Gasteiger charge is 2.44. The lowest BCUT2D eigenvalue weighted by molar-refractivity contribution is -0.159. The number of ether oxygens (including phenoxy) is 1. The molecule has 1 saturated heterocycles. The average molecular weight is 359 g/mol. The number of amides is 1. The van der Waals surface area contributed by atoms with Gasteiger partial charge in [-0.2, -0.15) is 13.2 Å². The van der Waals surface area contributed by atoms with Crippen molar-refractivity contribution in [2.24, 2.45) is 5.41 Å². The normalized spacial score (nSPS) is 21.2. The molecule has 1 heterocycles. The number of carboxylic acids is 1. The van der Waals surface area contributed by atoms with Crippen LogP contribution in [0.25, 0.3) is 0 Å². The van der Waals surface area contributed by atoms with Crippen LogP contribution in [-0.4, -0.2) is 48.7 Å². The minimum Gasteiger partial charge on any atom is -0.481 e. The van der Waals surface area contributed by atoms with E-state index in [9.17, 15) is 27.9 Å². The first-order valence-corrected chi connectivity index (χ1v) is 7.85. The van der Waals surface area contributed by atoms with E-state index in [1.165, 1.54) is 30.2 Å². The number of rotatable bonds is 5. The van der Waals surface area contributed by atoms with Crippen LogP contribution in [0.3, 0.4) is 0 Å². The average Bonchev–Trinajstić information content (AvgIpc) is 2.54. The zero-order chi connectivity index (χ0) is 18.7. The molecule has 1 aliphatic heterocycles. The fraction of sp³-hybridized carbons (Fsp3) is 0.529. The predicted molar refractivity (Wildman–Crippen MR) is 82.9 cm³/mol. The molecular formula is C17H20F3NO4. The van der Waals surface area contributed by atoms with Gasteiger partial charge in [0.05, 0.1) is 18.6 Å². The molecule has 1 N–H and O–H groups in total. The van der Waals surface area contributed by atoms with Gasteiger partial charge in [0, 0.05) is 20.2 Å². The van der Waals surface area contributed by atoms with Gasteiger partial charge in [-0.05, 0) is 24.5 Å². The molecule has 8 heteroatoms. The number of aliphatic carboxylic acids is 1. The lowest BCUT2D eigenvalue weighted by Gasteiger charge is -2.39. The second-order valence-corrected chi connectivity index (χ2v) is 6.27. The lowest BCUT2D eigenvalue weighted by Crippen LogP contribution is -2.52. The minimum atomic E-state index is -4.54. The number of hydrogen-bond acceptors (Lipinski definition) is 3. The van der Waals surface area contributed by atoms with Gasteiger partial charge in [0.1, 0.15) is 5.41 Å². The molecule has 0 bridgehead atoms. The second-order valence-electron chi connectivity index (χ2n) is 6.27. The Bertz CT molecular complexity index is 643. The van der Waals surface area contributed by atoms with E-state index in [1.54, 1.807) is 0 Å². The zero-order valence-electron chi connectivity index (χ0n) is 13.8. The van der Waals surface area contributed by atoms with Crippen molar-refractivity contribution in [1.29, 1.82) is 0 Å². The van der Waals surface area contributed by atoms with Gasteiger partial charge in [-0.25, -0.2) is 0 Å². The summed E-state index contributed by atoms with van der Waals surface area (Å²) in [5.74, 6) is -1.58. The van der Waals surface area contributed by atoms with Crippen LogP contribution in [0.1, 0.15) is 24.0 Å². The number of alkyl halides is 3. The summed E-state index contributed by atoms with van der Waals surface area (Å²) in [6.45, 7) is 0.209. The van der Waals surface area contributed by atoms with Crippen molar-refractivity contribution in [3.8, 4) is 0 Å². The maximum absolute atomic E-state index is 13.1. The number of halogens is 3. The molecule has 0 radical (unpaired) electrons. The predicted octanol–water partition coefficient (Wildman–Crippen LogP) is 2.59. The van der Waals surface area contributed by atoms with E-state index in [-0.39, 0.29) is 18.7 Å². The maximum atomic E-state index is 13.1. The molecule has 25 heavy (non-hydrogen) atoms. The Morgan fingerprint density at radius 2 is 2.00 bits per heavy atom. The highest BCUT2D eigenvalue weighted by Crippen LogP contribution is 2.34. The van der Waals surface area contributed by atoms with Gasteiger partial charge >= 0.3 is 12.1 Å². The van der Waals surface area contributed by atoms with Gasteiger partial charge < -0.3 is 14.7 Å². The first-order valence-electron chi connectivity index (χ1n) is 7.85. The van der Waals surface area contributed by atoms with Crippen molar-refractivity contribution in [2.75, 3.05) is 26.8 Å². The highest BCUT2D eigenvalue weighted by atomic mass is 19.4. The van der Waals surface area contributed by atoms with Crippen molar-refractivity contribution < 1.29 is 32.6 Å². The SMILES string of the molecule is COCC1(C(=O)O)CCCN(C(=O)Cc2ccccc2C(F)(F)F)C1.